The molecule has 0 saturated heterocycles. The van der Waals surface area contributed by atoms with Gasteiger partial charge in [0.05, 0.1) is 17.6 Å². The first-order valence-corrected chi connectivity index (χ1v) is 12.5. The minimum Gasteiger partial charge on any atom is -0.502 e. The SMILES string of the molecule is CCc1ccc(N2C(=O)C(O)=C(S(=O)(=O)c3ccc(C)cc3)[C@@H]2c2ccc(C(=O)OC)cc2)cc1. The number of amides is 1. The predicted molar refractivity (Wildman–Crippen MR) is 132 cm³/mol. The van der Waals surface area contributed by atoms with Crippen molar-refractivity contribution in [2.45, 2.75) is 31.2 Å². The largest absolute Gasteiger partial charge is 0.502 e. The summed E-state index contributed by atoms with van der Waals surface area (Å²) in [5, 5.41) is 10.9. The highest BCUT2D eigenvalue weighted by atomic mass is 32.2. The van der Waals surface area contributed by atoms with Gasteiger partial charge in [0, 0.05) is 5.69 Å². The molecule has 0 spiro atoms. The second kappa shape index (κ2) is 9.38. The van der Waals surface area contributed by atoms with Crippen LogP contribution < -0.4 is 4.90 Å². The van der Waals surface area contributed by atoms with E-state index in [0.29, 0.717) is 11.3 Å². The number of sulfone groups is 1. The molecule has 0 saturated carbocycles. The monoisotopic (exact) mass is 491 g/mol. The number of benzene rings is 3. The molecule has 3 aromatic carbocycles. The summed E-state index contributed by atoms with van der Waals surface area (Å²) in [5.41, 5.74) is 3.05. The summed E-state index contributed by atoms with van der Waals surface area (Å²) < 4.78 is 32.2. The summed E-state index contributed by atoms with van der Waals surface area (Å²) in [7, 11) is -2.98. The first-order valence-electron chi connectivity index (χ1n) is 11.0. The Balaban J connectivity index is 1.90. The number of aryl methyl sites for hydroxylation is 2. The Labute approximate surface area is 204 Å². The van der Waals surface area contributed by atoms with Crippen LogP contribution in [-0.4, -0.2) is 32.5 Å². The number of esters is 1. The molecule has 0 aromatic heterocycles. The molecule has 1 heterocycles. The Hall–Kier alpha value is -3.91. The van der Waals surface area contributed by atoms with Crippen molar-refractivity contribution in [1.82, 2.24) is 0 Å². The summed E-state index contributed by atoms with van der Waals surface area (Å²) in [5.74, 6) is -2.19. The summed E-state index contributed by atoms with van der Waals surface area (Å²) in [6.07, 6.45) is 0.795. The van der Waals surface area contributed by atoms with Gasteiger partial charge in [-0.2, -0.15) is 0 Å². The lowest BCUT2D eigenvalue weighted by atomic mass is 10.0. The predicted octanol–water partition coefficient (Wildman–Crippen LogP) is 4.68. The molecule has 1 amide bonds. The molecule has 1 aliphatic heterocycles. The van der Waals surface area contributed by atoms with Gasteiger partial charge in [0.25, 0.3) is 5.91 Å². The number of carbonyl (C=O) groups is 2. The van der Waals surface area contributed by atoms with Crippen molar-refractivity contribution in [1.29, 1.82) is 0 Å². The highest BCUT2D eigenvalue weighted by molar-refractivity contribution is 7.95. The number of carbonyl (C=O) groups excluding carboxylic acids is 2. The number of aliphatic hydroxyl groups is 1. The van der Waals surface area contributed by atoms with Crippen LogP contribution in [0, 0.1) is 6.92 Å². The molecule has 7 nitrogen and oxygen atoms in total. The van der Waals surface area contributed by atoms with Crippen LogP contribution >= 0.6 is 0 Å². The summed E-state index contributed by atoms with van der Waals surface area (Å²) in [6.45, 7) is 3.83. The van der Waals surface area contributed by atoms with E-state index in [1.165, 1.54) is 36.3 Å². The van der Waals surface area contributed by atoms with Gasteiger partial charge in [-0.3, -0.25) is 9.69 Å². The van der Waals surface area contributed by atoms with E-state index in [1.54, 1.807) is 36.4 Å². The van der Waals surface area contributed by atoms with E-state index < -0.39 is 38.4 Å². The fourth-order valence-electron chi connectivity index (χ4n) is 4.08. The van der Waals surface area contributed by atoms with Gasteiger partial charge in [0.1, 0.15) is 10.9 Å². The van der Waals surface area contributed by atoms with Crippen molar-refractivity contribution in [3.63, 3.8) is 0 Å². The number of anilines is 1. The standard InChI is InChI=1S/C27H25NO6S/c1-4-18-7-13-21(14-8-18)28-23(19-9-11-20(12-10-19)27(31)34-3)25(24(29)26(28)30)35(32,33)22-15-5-17(2)6-16-22/h5-16,23,29H,4H2,1-3H3/t23-/m0/s1. The fraction of sp³-hybridized carbons (Fsp3) is 0.185. The number of ether oxygens (including phenoxy) is 1. The van der Waals surface area contributed by atoms with E-state index in [1.807, 2.05) is 26.0 Å². The van der Waals surface area contributed by atoms with Crippen LogP contribution in [0.1, 0.15) is 40.0 Å². The summed E-state index contributed by atoms with van der Waals surface area (Å²) in [4.78, 5) is 26.0. The zero-order chi connectivity index (χ0) is 25.3. The summed E-state index contributed by atoms with van der Waals surface area (Å²) in [6, 6.07) is 18.3. The maximum Gasteiger partial charge on any atom is 0.337 e. The Morgan fingerprint density at radius 1 is 0.971 bits per heavy atom. The van der Waals surface area contributed by atoms with Gasteiger partial charge in [-0.15, -0.1) is 0 Å². The molecule has 3 aromatic rings. The number of nitrogens with zero attached hydrogens (tertiary/aromatic N) is 1. The van der Waals surface area contributed by atoms with Crippen LogP contribution in [0.4, 0.5) is 5.69 Å². The number of hydrogen-bond acceptors (Lipinski definition) is 6. The minimum atomic E-state index is -4.24. The maximum atomic E-state index is 13.7. The third kappa shape index (κ3) is 4.33. The number of aliphatic hydroxyl groups excluding tert-OH is 1. The molecule has 0 unspecified atom stereocenters. The molecule has 0 radical (unpaired) electrons. The van der Waals surface area contributed by atoms with Crippen LogP contribution in [0.3, 0.4) is 0 Å². The lowest BCUT2D eigenvalue weighted by Gasteiger charge is -2.27. The van der Waals surface area contributed by atoms with Crippen molar-refractivity contribution >= 4 is 27.4 Å². The normalized spacial score (nSPS) is 16.0. The van der Waals surface area contributed by atoms with Crippen LogP contribution in [-0.2, 0) is 25.8 Å². The van der Waals surface area contributed by atoms with E-state index in [0.717, 1.165) is 17.5 Å². The molecule has 0 fully saturated rings. The molecule has 35 heavy (non-hydrogen) atoms. The fourth-order valence-corrected chi connectivity index (χ4v) is 5.71. The average molecular weight is 492 g/mol. The van der Waals surface area contributed by atoms with Crippen LogP contribution in [0.2, 0.25) is 0 Å². The molecule has 180 valence electrons. The highest BCUT2D eigenvalue weighted by Gasteiger charge is 2.47. The van der Waals surface area contributed by atoms with Crippen LogP contribution in [0.5, 0.6) is 0 Å². The zero-order valence-corrected chi connectivity index (χ0v) is 20.4. The molecule has 4 rings (SSSR count). The van der Waals surface area contributed by atoms with Crippen LogP contribution in [0.25, 0.3) is 0 Å². The topological polar surface area (TPSA) is 101 Å². The van der Waals surface area contributed by atoms with Gasteiger partial charge in [0.15, 0.2) is 5.76 Å². The maximum absolute atomic E-state index is 13.7. The van der Waals surface area contributed by atoms with Gasteiger partial charge in [0.2, 0.25) is 9.84 Å². The van der Waals surface area contributed by atoms with Crippen molar-refractivity contribution < 1.29 is 27.9 Å². The van der Waals surface area contributed by atoms with E-state index in [4.69, 9.17) is 4.74 Å². The number of hydrogen-bond donors (Lipinski definition) is 1. The Morgan fingerprint density at radius 2 is 1.57 bits per heavy atom. The van der Waals surface area contributed by atoms with Gasteiger partial charge in [-0.1, -0.05) is 48.9 Å². The molecular weight excluding hydrogens is 466 g/mol. The molecule has 1 N–H and O–H groups in total. The number of methoxy groups -OCH3 is 1. The first-order chi connectivity index (χ1) is 16.7. The van der Waals surface area contributed by atoms with E-state index in [9.17, 15) is 23.1 Å². The van der Waals surface area contributed by atoms with Gasteiger partial charge in [-0.25, -0.2) is 13.2 Å². The summed E-state index contributed by atoms with van der Waals surface area (Å²) >= 11 is 0. The minimum absolute atomic E-state index is 0.0307. The molecule has 1 atom stereocenters. The highest BCUT2D eigenvalue weighted by Crippen LogP contribution is 2.44. The van der Waals surface area contributed by atoms with Crippen molar-refractivity contribution in [3.05, 3.63) is 106 Å². The molecular formula is C27H25NO6S. The van der Waals surface area contributed by atoms with Crippen molar-refractivity contribution in [2.24, 2.45) is 0 Å². The van der Waals surface area contributed by atoms with Gasteiger partial charge in [-0.05, 0) is 60.9 Å². The van der Waals surface area contributed by atoms with Crippen molar-refractivity contribution in [3.8, 4) is 0 Å². The number of rotatable bonds is 6. The van der Waals surface area contributed by atoms with E-state index >= 15 is 0 Å². The van der Waals surface area contributed by atoms with Gasteiger partial charge < -0.3 is 9.84 Å². The molecule has 0 bridgehead atoms. The smallest absolute Gasteiger partial charge is 0.337 e. The third-order valence-electron chi connectivity index (χ3n) is 6.05. The van der Waals surface area contributed by atoms with E-state index in [-0.39, 0.29) is 10.5 Å². The third-order valence-corrected chi connectivity index (χ3v) is 7.94. The van der Waals surface area contributed by atoms with Gasteiger partial charge >= 0.3 is 5.97 Å². The Bertz CT molecular complexity index is 1410. The van der Waals surface area contributed by atoms with Crippen molar-refractivity contribution in [2.75, 3.05) is 12.0 Å². The van der Waals surface area contributed by atoms with E-state index in [2.05, 4.69) is 0 Å². The Kier molecular flexibility index (Phi) is 6.49. The van der Waals surface area contributed by atoms with Crippen LogP contribution in [0.15, 0.2) is 88.4 Å². The lowest BCUT2D eigenvalue weighted by molar-refractivity contribution is -0.117. The molecule has 8 heteroatoms. The molecule has 0 aliphatic carbocycles. The lowest BCUT2D eigenvalue weighted by Crippen LogP contribution is -2.31. The first kappa shape index (κ1) is 24.2. The average Bonchev–Trinajstić information content (AvgIpc) is 3.14. The second-order valence-corrected chi connectivity index (χ2v) is 10.2. The second-order valence-electron chi connectivity index (χ2n) is 8.24. The zero-order valence-electron chi connectivity index (χ0n) is 19.6. The quantitative estimate of drug-likeness (QED) is 0.503. The Morgan fingerprint density at radius 3 is 2.11 bits per heavy atom. The molecule has 1 aliphatic rings.